The highest BCUT2D eigenvalue weighted by Gasteiger charge is 2.23. The van der Waals surface area contributed by atoms with Crippen LogP contribution in [0.2, 0.25) is 0 Å². The Balaban J connectivity index is 2.35. The standard InChI is InChI=1S/C14H11Cl2NO/c15-13(11-7-3-1-4-8-11)17(14(16)18)12-9-5-2-6-10-12/h1-10,13H. The number of nitrogens with zero attached hydrogens (tertiary/aromatic N) is 1. The van der Waals surface area contributed by atoms with Gasteiger partial charge in [0.2, 0.25) is 0 Å². The number of carbonyl (C=O) groups is 1. The van der Waals surface area contributed by atoms with E-state index in [1.165, 1.54) is 4.90 Å². The molecule has 92 valence electrons. The highest BCUT2D eigenvalue weighted by Crippen LogP contribution is 2.31. The molecule has 0 bridgehead atoms. The number of halogens is 2. The summed E-state index contributed by atoms with van der Waals surface area (Å²) in [7, 11) is 0. The quantitative estimate of drug-likeness (QED) is 0.449. The largest absolute Gasteiger partial charge is 0.322 e. The molecule has 0 aliphatic rings. The second kappa shape index (κ2) is 5.89. The van der Waals surface area contributed by atoms with Gasteiger partial charge in [0, 0.05) is 5.69 Å². The van der Waals surface area contributed by atoms with E-state index >= 15 is 0 Å². The molecule has 2 aromatic carbocycles. The molecule has 0 heterocycles. The molecule has 0 spiro atoms. The first kappa shape index (κ1) is 12.9. The van der Waals surface area contributed by atoms with Crippen LogP contribution in [-0.2, 0) is 0 Å². The molecule has 2 nitrogen and oxygen atoms in total. The molecule has 2 rings (SSSR count). The van der Waals surface area contributed by atoms with Gasteiger partial charge in [-0.1, -0.05) is 60.1 Å². The van der Waals surface area contributed by atoms with Gasteiger partial charge in [0.25, 0.3) is 0 Å². The molecule has 0 saturated heterocycles. The topological polar surface area (TPSA) is 20.3 Å². The van der Waals surface area contributed by atoms with E-state index in [9.17, 15) is 4.79 Å². The predicted molar refractivity (Wildman–Crippen MR) is 75.2 cm³/mol. The van der Waals surface area contributed by atoms with E-state index in [4.69, 9.17) is 23.2 Å². The SMILES string of the molecule is O=C(Cl)N(c1ccccc1)C(Cl)c1ccccc1. The van der Waals surface area contributed by atoms with Crippen molar-refractivity contribution in [2.24, 2.45) is 0 Å². The molecular formula is C14H11Cl2NO. The van der Waals surface area contributed by atoms with Crippen LogP contribution in [0, 0.1) is 0 Å². The number of alkyl halides is 1. The number of carbonyl (C=O) groups excluding carboxylic acids is 1. The van der Waals surface area contributed by atoms with Gasteiger partial charge in [-0.3, -0.25) is 9.69 Å². The maximum absolute atomic E-state index is 11.6. The molecule has 0 aromatic heterocycles. The van der Waals surface area contributed by atoms with Crippen LogP contribution in [0.4, 0.5) is 10.5 Å². The van der Waals surface area contributed by atoms with Crippen molar-refractivity contribution in [2.45, 2.75) is 5.50 Å². The van der Waals surface area contributed by atoms with Crippen molar-refractivity contribution in [3.05, 3.63) is 66.2 Å². The molecule has 1 unspecified atom stereocenters. The number of benzene rings is 2. The lowest BCUT2D eigenvalue weighted by atomic mass is 10.2. The summed E-state index contributed by atoms with van der Waals surface area (Å²) in [6.45, 7) is 0. The van der Waals surface area contributed by atoms with Gasteiger partial charge in [0.05, 0.1) is 0 Å². The van der Waals surface area contributed by atoms with Crippen LogP contribution in [0.1, 0.15) is 11.1 Å². The summed E-state index contributed by atoms with van der Waals surface area (Å²) in [5.74, 6) is 0. The molecule has 1 atom stereocenters. The minimum absolute atomic E-state index is 0.606. The lowest BCUT2D eigenvalue weighted by Gasteiger charge is -2.25. The van der Waals surface area contributed by atoms with Crippen LogP contribution < -0.4 is 4.90 Å². The van der Waals surface area contributed by atoms with Crippen LogP contribution >= 0.6 is 23.2 Å². The lowest BCUT2D eigenvalue weighted by molar-refractivity contribution is 0.263. The average molecular weight is 280 g/mol. The Morgan fingerprint density at radius 3 is 1.94 bits per heavy atom. The molecule has 2 aromatic rings. The Morgan fingerprint density at radius 1 is 0.944 bits per heavy atom. The van der Waals surface area contributed by atoms with E-state index in [1.807, 2.05) is 48.5 Å². The number of anilines is 1. The van der Waals surface area contributed by atoms with Gasteiger partial charge >= 0.3 is 5.37 Å². The first-order valence-corrected chi connectivity index (χ1v) is 6.24. The van der Waals surface area contributed by atoms with Gasteiger partial charge in [-0.05, 0) is 29.3 Å². The summed E-state index contributed by atoms with van der Waals surface area (Å²) in [6.07, 6.45) is 0. The zero-order valence-electron chi connectivity index (χ0n) is 9.46. The number of hydrogen-bond donors (Lipinski definition) is 0. The first-order chi connectivity index (χ1) is 8.70. The highest BCUT2D eigenvalue weighted by atomic mass is 35.5. The maximum Gasteiger partial charge on any atom is 0.322 e. The molecule has 0 saturated carbocycles. The Labute approximate surface area is 116 Å². The Hall–Kier alpha value is -1.51. The summed E-state index contributed by atoms with van der Waals surface area (Å²) in [5, 5.41) is -0.606. The highest BCUT2D eigenvalue weighted by molar-refractivity contribution is 6.66. The Bertz CT molecular complexity index is 516. The molecule has 18 heavy (non-hydrogen) atoms. The van der Waals surface area contributed by atoms with E-state index in [0.717, 1.165) is 5.56 Å². The molecule has 0 radical (unpaired) electrons. The number of para-hydroxylation sites is 1. The van der Waals surface area contributed by atoms with Gasteiger partial charge < -0.3 is 0 Å². The zero-order valence-corrected chi connectivity index (χ0v) is 11.0. The van der Waals surface area contributed by atoms with Gasteiger partial charge in [-0.15, -0.1) is 0 Å². The summed E-state index contributed by atoms with van der Waals surface area (Å²) >= 11 is 11.9. The van der Waals surface area contributed by atoms with Crippen molar-refractivity contribution in [2.75, 3.05) is 4.90 Å². The smallest absolute Gasteiger partial charge is 0.278 e. The van der Waals surface area contributed by atoms with Crippen molar-refractivity contribution in [3.8, 4) is 0 Å². The lowest BCUT2D eigenvalue weighted by Crippen LogP contribution is -2.27. The zero-order chi connectivity index (χ0) is 13.0. The van der Waals surface area contributed by atoms with Crippen LogP contribution in [0.25, 0.3) is 0 Å². The summed E-state index contributed by atoms with van der Waals surface area (Å²) in [4.78, 5) is 12.9. The van der Waals surface area contributed by atoms with Gasteiger partial charge in [-0.2, -0.15) is 0 Å². The van der Waals surface area contributed by atoms with Crippen LogP contribution in [0.5, 0.6) is 0 Å². The van der Waals surface area contributed by atoms with E-state index in [-0.39, 0.29) is 0 Å². The van der Waals surface area contributed by atoms with E-state index < -0.39 is 10.9 Å². The van der Waals surface area contributed by atoms with Crippen molar-refractivity contribution < 1.29 is 4.79 Å². The number of amides is 1. The molecule has 0 aliphatic heterocycles. The molecular weight excluding hydrogens is 269 g/mol. The first-order valence-electron chi connectivity index (χ1n) is 5.43. The maximum atomic E-state index is 11.6. The number of hydrogen-bond acceptors (Lipinski definition) is 1. The van der Waals surface area contributed by atoms with Crippen LogP contribution in [0.3, 0.4) is 0 Å². The van der Waals surface area contributed by atoms with Crippen molar-refractivity contribution >= 4 is 34.3 Å². The molecule has 0 fully saturated rings. The third-order valence-corrected chi connectivity index (χ3v) is 3.15. The van der Waals surface area contributed by atoms with Gasteiger partial charge in [0.15, 0.2) is 0 Å². The van der Waals surface area contributed by atoms with E-state index in [1.54, 1.807) is 12.1 Å². The second-order valence-electron chi connectivity index (χ2n) is 3.70. The van der Waals surface area contributed by atoms with Crippen LogP contribution in [0.15, 0.2) is 60.7 Å². The molecule has 1 amide bonds. The molecule has 0 aliphatic carbocycles. The normalized spacial score (nSPS) is 11.9. The fraction of sp³-hybridized carbons (Fsp3) is 0.0714. The second-order valence-corrected chi connectivity index (χ2v) is 4.44. The van der Waals surface area contributed by atoms with E-state index in [2.05, 4.69) is 0 Å². The van der Waals surface area contributed by atoms with Gasteiger partial charge in [-0.25, -0.2) is 0 Å². The molecule has 0 N–H and O–H groups in total. The van der Waals surface area contributed by atoms with Gasteiger partial charge in [0.1, 0.15) is 5.50 Å². The summed E-state index contributed by atoms with van der Waals surface area (Å²) < 4.78 is 0. The molecule has 4 heteroatoms. The van der Waals surface area contributed by atoms with Crippen molar-refractivity contribution in [1.29, 1.82) is 0 Å². The van der Waals surface area contributed by atoms with Crippen molar-refractivity contribution in [3.63, 3.8) is 0 Å². The summed E-state index contributed by atoms with van der Waals surface area (Å²) in [5.41, 5.74) is 0.858. The fourth-order valence-corrected chi connectivity index (χ4v) is 2.26. The Kier molecular flexibility index (Phi) is 4.24. The third kappa shape index (κ3) is 2.84. The third-order valence-electron chi connectivity index (χ3n) is 2.53. The van der Waals surface area contributed by atoms with E-state index in [0.29, 0.717) is 5.69 Å². The monoisotopic (exact) mass is 279 g/mol. The fourth-order valence-electron chi connectivity index (χ4n) is 1.67. The van der Waals surface area contributed by atoms with Crippen molar-refractivity contribution in [1.82, 2.24) is 0 Å². The minimum atomic E-state index is -0.626. The summed E-state index contributed by atoms with van der Waals surface area (Å²) in [6, 6.07) is 18.4. The predicted octanol–water partition coefficient (Wildman–Crippen LogP) is 4.79. The van der Waals surface area contributed by atoms with Crippen LogP contribution in [-0.4, -0.2) is 5.37 Å². The Morgan fingerprint density at radius 2 is 1.44 bits per heavy atom. The minimum Gasteiger partial charge on any atom is -0.278 e. The average Bonchev–Trinajstić information content (AvgIpc) is 2.40. The number of rotatable bonds is 3.